The number of methoxy groups -OCH3 is 1. The summed E-state index contributed by atoms with van der Waals surface area (Å²) >= 11 is 0. The van der Waals surface area contributed by atoms with E-state index in [4.69, 9.17) is 9.15 Å². The Labute approximate surface area is 163 Å². The van der Waals surface area contributed by atoms with Crippen molar-refractivity contribution in [1.29, 1.82) is 0 Å². The lowest BCUT2D eigenvalue weighted by Crippen LogP contribution is -2.55. The molecule has 7 heteroatoms. The summed E-state index contributed by atoms with van der Waals surface area (Å²) in [4.78, 5) is 12.5. The van der Waals surface area contributed by atoms with Crippen LogP contribution in [0.4, 0.5) is 0 Å². The van der Waals surface area contributed by atoms with Crippen molar-refractivity contribution in [2.75, 3.05) is 7.11 Å². The first-order chi connectivity index (χ1) is 13.3. The molecule has 1 saturated carbocycles. The van der Waals surface area contributed by atoms with Crippen molar-refractivity contribution in [3.63, 3.8) is 0 Å². The summed E-state index contributed by atoms with van der Waals surface area (Å²) in [6.45, 7) is 1.98. The summed E-state index contributed by atoms with van der Waals surface area (Å²) in [6, 6.07) is 10.6. The molecule has 0 unspecified atom stereocenters. The van der Waals surface area contributed by atoms with Gasteiger partial charge in [-0.25, -0.2) is 8.42 Å². The number of sulfonamides is 1. The Bertz CT molecular complexity index is 1160. The van der Waals surface area contributed by atoms with E-state index in [0.717, 1.165) is 41.2 Å². The predicted molar refractivity (Wildman–Crippen MR) is 107 cm³/mol. The molecule has 1 aliphatic rings. The maximum atomic E-state index is 13.1. The Hall–Kier alpha value is -2.38. The largest absolute Gasteiger partial charge is 0.468 e. The van der Waals surface area contributed by atoms with Crippen LogP contribution in [0, 0.1) is 6.92 Å². The van der Waals surface area contributed by atoms with Crippen molar-refractivity contribution in [3.8, 4) is 0 Å². The highest BCUT2D eigenvalue weighted by molar-refractivity contribution is 7.89. The van der Waals surface area contributed by atoms with E-state index in [1.807, 2.05) is 25.1 Å². The number of esters is 1. The van der Waals surface area contributed by atoms with E-state index in [-0.39, 0.29) is 4.90 Å². The lowest BCUT2D eigenvalue weighted by Gasteiger charge is -2.34. The van der Waals surface area contributed by atoms with Gasteiger partial charge in [-0.1, -0.05) is 31.4 Å². The zero-order chi connectivity index (χ0) is 19.9. The molecule has 2 aromatic carbocycles. The SMILES string of the molecule is COC(=O)C1(NS(=O)(=O)c2ccc3oc4cc(C)ccc4c3c2)CCCCC1. The van der Waals surface area contributed by atoms with Crippen molar-refractivity contribution >= 4 is 37.9 Å². The quantitative estimate of drug-likeness (QED) is 0.667. The summed E-state index contributed by atoms with van der Waals surface area (Å²) in [5.41, 5.74) is 1.21. The highest BCUT2D eigenvalue weighted by Crippen LogP contribution is 2.34. The molecule has 3 aromatic rings. The van der Waals surface area contributed by atoms with Gasteiger partial charge in [0.2, 0.25) is 10.0 Å². The Balaban J connectivity index is 1.77. The minimum absolute atomic E-state index is 0.108. The monoisotopic (exact) mass is 401 g/mol. The number of rotatable bonds is 4. The molecule has 1 fully saturated rings. The first-order valence-corrected chi connectivity index (χ1v) is 10.9. The second-order valence-electron chi connectivity index (χ2n) is 7.50. The number of carbonyl (C=O) groups is 1. The molecule has 0 amide bonds. The highest BCUT2D eigenvalue weighted by atomic mass is 32.2. The summed E-state index contributed by atoms with van der Waals surface area (Å²) < 4.78 is 39.7. The number of ether oxygens (including phenoxy) is 1. The molecule has 0 spiro atoms. The van der Waals surface area contributed by atoms with E-state index in [1.165, 1.54) is 13.2 Å². The number of aryl methyl sites for hydroxylation is 1. The molecule has 0 aliphatic heterocycles. The molecule has 1 aliphatic carbocycles. The van der Waals surface area contributed by atoms with Crippen LogP contribution < -0.4 is 4.72 Å². The first kappa shape index (κ1) is 19.0. The number of hydrogen-bond donors (Lipinski definition) is 1. The van der Waals surface area contributed by atoms with E-state index in [9.17, 15) is 13.2 Å². The van der Waals surface area contributed by atoms with Crippen LogP contribution in [-0.4, -0.2) is 27.0 Å². The summed E-state index contributed by atoms with van der Waals surface area (Å²) in [5.74, 6) is -0.527. The summed E-state index contributed by atoms with van der Waals surface area (Å²) in [7, 11) is -2.62. The van der Waals surface area contributed by atoms with E-state index in [2.05, 4.69) is 4.72 Å². The molecule has 1 aromatic heterocycles. The van der Waals surface area contributed by atoms with Crippen molar-refractivity contribution in [3.05, 3.63) is 42.0 Å². The standard InChI is InChI=1S/C21H23NO5S/c1-14-6-8-16-17-13-15(7-9-18(17)27-19(16)12-14)28(24,25)22-21(20(23)26-2)10-4-3-5-11-21/h6-9,12-13,22H,3-5,10-11H2,1-2H3. The van der Waals surface area contributed by atoms with Crippen LogP contribution in [0.2, 0.25) is 0 Å². The number of benzene rings is 2. The van der Waals surface area contributed by atoms with Crippen LogP contribution in [0.15, 0.2) is 45.7 Å². The molecule has 1 N–H and O–H groups in total. The third kappa shape index (κ3) is 3.18. The molecule has 0 bridgehead atoms. The van der Waals surface area contributed by atoms with E-state index >= 15 is 0 Å². The second-order valence-corrected chi connectivity index (χ2v) is 9.18. The minimum atomic E-state index is -3.91. The minimum Gasteiger partial charge on any atom is -0.468 e. The Morgan fingerprint density at radius 3 is 2.50 bits per heavy atom. The summed E-state index contributed by atoms with van der Waals surface area (Å²) in [6.07, 6.45) is 3.42. The highest BCUT2D eigenvalue weighted by Gasteiger charge is 2.44. The van der Waals surface area contributed by atoms with Gasteiger partial charge in [-0.3, -0.25) is 4.79 Å². The fourth-order valence-electron chi connectivity index (χ4n) is 4.05. The molecule has 148 valence electrons. The maximum absolute atomic E-state index is 13.1. The van der Waals surface area contributed by atoms with Crippen LogP contribution in [0.25, 0.3) is 21.9 Å². The topological polar surface area (TPSA) is 85.6 Å². The Kier molecular flexibility index (Phi) is 4.67. The van der Waals surface area contributed by atoms with Gasteiger partial charge in [0.05, 0.1) is 12.0 Å². The average Bonchev–Trinajstić information content (AvgIpc) is 3.04. The molecule has 0 saturated heterocycles. The van der Waals surface area contributed by atoms with Crippen molar-refractivity contribution in [1.82, 2.24) is 4.72 Å². The average molecular weight is 401 g/mol. The van der Waals surface area contributed by atoms with Gasteiger partial charge >= 0.3 is 5.97 Å². The first-order valence-electron chi connectivity index (χ1n) is 9.40. The van der Waals surface area contributed by atoms with E-state index in [0.29, 0.717) is 18.4 Å². The lowest BCUT2D eigenvalue weighted by atomic mass is 9.83. The van der Waals surface area contributed by atoms with Gasteiger partial charge in [-0.2, -0.15) is 4.72 Å². The molecule has 4 rings (SSSR count). The third-order valence-corrected chi connectivity index (χ3v) is 7.06. The van der Waals surface area contributed by atoms with Crippen molar-refractivity contribution in [2.24, 2.45) is 0 Å². The number of hydrogen-bond acceptors (Lipinski definition) is 5. The molecular weight excluding hydrogens is 378 g/mol. The molecule has 0 radical (unpaired) electrons. The van der Waals surface area contributed by atoms with Gasteiger partial charge in [0.1, 0.15) is 16.7 Å². The molecule has 0 atom stereocenters. The van der Waals surface area contributed by atoms with E-state index < -0.39 is 21.5 Å². The van der Waals surface area contributed by atoms with Crippen LogP contribution in [0.1, 0.15) is 37.7 Å². The maximum Gasteiger partial charge on any atom is 0.327 e. The van der Waals surface area contributed by atoms with Gasteiger partial charge < -0.3 is 9.15 Å². The van der Waals surface area contributed by atoms with Gasteiger partial charge in [0.25, 0.3) is 0 Å². The Morgan fingerprint density at radius 2 is 1.79 bits per heavy atom. The second kappa shape index (κ2) is 6.90. The fraction of sp³-hybridized carbons (Fsp3) is 0.381. The zero-order valence-electron chi connectivity index (χ0n) is 15.9. The van der Waals surface area contributed by atoms with Gasteiger partial charge in [0.15, 0.2) is 0 Å². The Morgan fingerprint density at radius 1 is 1.04 bits per heavy atom. The molecule has 6 nitrogen and oxygen atoms in total. The molecule has 1 heterocycles. The zero-order valence-corrected chi connectivity index (χ0v) is 16.8. The van der Waals surface area contributed by atoms with E-state index in [1.54, 1.807) is 12.1 Å². The third-order valence-electron chi connectivity index (χ3n) is 5.52. The van der Waals surface area contributed by atoms with Gasteiger partial charge in [-0.15, -0.1) is 0 Å². The molecule has 28 heavy (non-hydrogen) atoms. The fourth-order valence-corrected chi connectivity index (χ4v) is 5.49. The van der Waals surface area contributed by atoms with Crippen LogP contribution in [0.5, 0.6) is 0 Å². The normalized spacial score (nSPS) is 17.1. The van der Waals surface area contributed by atoms with Gasteiger partial charge in [-0.05, 0) is 49.6 Å². The predicted octanol–water partition coefficient (Wildman–Crippen LogP) is 4.05. The number of carbonyl (C=O) groups excluding carboxylic acids is 1. The summed E-state index contributed by atoms with van der Waals surface area (Å²) in [5, 5.41) is 1.59. The number of furan rings is 1. The lowest BCUT2D eigenvalue weighted by molar-refractivity contribution is -0.149. The van der Waals surface area contributed by atoms with Crippen LogP contribution >= 0.6 is 0 Å². The molecular formula is C21H23NO5S. The van der Waals surface area contributed by atoms with Crippen molar-refractivity contribution in [2.45, 2.75) is 49.5 Å². The number of nitrogens with one attached hydrogen (secondary N) is 1. The van der Waals surface area contributed by atoms with Crippen LogP contribution in [-0.2, 0) is 19.6 Å². The van der Waals surface area contributed by atoms with Crippen LogP contribution in [0.3, 0.4) is 0 Å². The van der Waals surface area contributed by atoms with Gasteiger partial charge in [0, 0.05) is 10.8 Å². The van der Waals surface area contributed by atoms with Crippen molar-refractivity contribution < 1.29 is 22.4 Å². The number of fused-ring (bicyclic) bond motifs is 3. The smallest absolute Gasteiger partial charge is 0.327 e.